The Labute approximate surface area is 54.8 Å². The van der Waals surface area contributed by atoms with E-state index in [9.17, 15) is 4.79 Å². The summed E-state index contributed by atoms with van der Waals surface area (Å²) in [5, 5.41) is 0. The van der Waals surface area contributed by atoms with Crippen LogP contribution in [0.2, 0.25) is 0 Å². The van der Waals surface area contributed by atoms with Crippen molar-refractivity contribution in [3.05, 3.63) is 0 Å². The first-order valence-electron chi connectivity index (χ1n) is 3.67. The average Bonchev–Trinajstić information content (AvgIpc) is 2.58. The molecule has 0 unspecified atom stereocenters. The molecule has 9 heavy (non-hydrogen) atoms. The maximum Gasteiger partial charge on any atom is 0.222 e. The average molecular weight is 125 g/mol. The predicted octanol–water partition coefficient (Wildman–Crippen LogP) is 0.771. The highest BCUT2D eigenvalue weighted by Crippen LogP contribution is 2.30. The highest BCUT2D eigenvalue weighted by Gasteiger charge is 2.34. The van der Waals surface area contributed by atoms with Gasteiger partial charge in [-0.05, 0) is 19.3 Å². The third kappa shape index (κ3) is 0.824. The second kappa shape index (κ2) is 1.72. The molecule has 0 aromatic rings. The summed E-state index contributed by atoms with van der Waals surface area (Å²) in [6.07, 6.45) is 4.41. The fourth-order valence-corrected chi connectivity index (χ4v) is 1.44. The third-order valence-corrected chi connectivity index (χ3v) is 2.10. The van der Waals surface area contributed by atoms with Gasteiger partial charge in [-0.1, -0.05) is 0 Å². The lowest BCUT2D eigenvalue weighted by Crippen LogP contribution is -2.26. The Morgan fingerprint density at radius 3 is 2.67 bits per heavy atom. The molecule has 2 rings (SSSR count). The van der Waals surface area contributed by atoms with Gasteiger partial charge in [-0.3, -0.25) is 4.79 Å². The molecule has 2 heteroatoms. The maximum atomic E-state index is 11.0. The first-order chi connectivity index (χ1) is 4.38. The minimum Gasteiger partial charge on any atom is -0.340 e. The van der Waals surface area contributed by atoms with Crippen molar-refractivity contribution in [1.82, 2.24) is 4.90 Å². The van der Waals surface area contributed by atoms with Gasteiger partial charge < -0.3 is 4.90 Å². The number of hydrogen-bond acceptors (Lipinski definition) is 1. The highest BCUT2D eigenvalue weighted by atomic mass is 16.2. The van der Waals surface area contributed by atoms with Crippen LogP contribution >= 0.6 is 0 Å². The van der Waals surface area contributed by atoms with E-state index >= 15 is 0 Å². The minimum atomic E-state index is 0.387. The van der Waals surface area contributed by atoms with Crippen molar-refractivity contribution in [3.63, 3.8) is 0 Å². The SMILES string of the molecule is O=C1CCCN1C1CC1. The number of likely N-dealkylation sites (tertiary alicyclic amines) is 1. The topological polar surface area (TPSA) is 20.3 Å². The highest BCUT2D eigenvalue weighted by molar-refractivity contribution is 5.78. The van der Waals surface area contributed by atoms with Crippen LogP contribution in [-0.4, -0.2) is 23.4 Å². The predicted molar refractivity (Wildman–Crippen MR) is 34.0 cm³/mol. The van der Waals surface area contributed by atoms with Gasteiger partial charge in [0, 0.05) is 19.0 Å². The Kier molecular flexibility index (Phi) is 1.01. The number of rotatable bonds is 1. The molecule has 2 fully saturated rings. The largest absolute Gasteiger partial charge is 0.340 e. The van der Waals surface area contributed by atoms with Gasteiger partial charge in [0.1, 0.15) is 0 Å². The number of hydrogen-bond donors (Lipinski definition) is 0. The van der Waals surface area contributed by atoms with Gasteiger partial charge in [0.25, 0.3) is 0 Å². The zero-order valence-electron chi connectivity index (χ0n) is 5.47. The van der Waals surface area contributed by atoms with Crippen molar-refractivity contribution in [2.75, 3.05) is 6.54 Å². The molecule has 1 aliphatic carbocycles. The van der Waals surface area contributed by atoms with Crippen molar-refractivity contribution >= 4 is 5.91 Å². The van der Waals surface area contributed by atoms with E-state index in [-0.39, 0.29) is 0 Å². The lowest BCUT2D eigenvalue weighted by Gasteiger charge is -2.12. The van der Waals surface area contributed by atoms with E-state index in [2.05, 4.69) is 0 Å². The van der Waals surface area contributed by atoms with Gasteiger partial charge in [0.05, 0.1) is 0 Å². The Bertz CT molecular complexity index is 140. The van der Waals surface area contributed by atoms with Gasteiger partial charge in [-0.25, -0.2) is 0 Å². The summed E-state index contributed by atoms with van der Waals surface area (Å²) in [6.45, 7) is 1.03. The number of nitrogens with zero attached hydrogens (tertiary/aromatic N) is 1. The normalized spacial score (nSPS) is 27.6. The molecule has 1 amide bonds. The molecule has 0 aromatic heterocycles. The summed E-state index contributed by atoms with van der Waals surface area (Å²) in [5.74, 6) is 0.387. The molecule has 1 saturated heterocycles. The standard InChI is InChI=1S/C7H11NO/c9-7-2-1-5-8(7)6-3-4-6/h6H,1-5H2. The first-order valence-corrected chi connectivity index (χ1v) is 3.67. The van der Waals surface area contributed by atoms with E-state index in [1.807, 2.05) is 4.90 Å². The number of carbonyl (C=O) groups is 1. The Hall–Kier alpha value is -0.530. The number of amides is 1. The van der Waals surface area contributed by atoms with E-state index < -0.39 is 0 Å². The van der Waals surface area contributed by atoms with Crippen LogP contribution in [0.25, 0.3) is 0 Å². The molecular formula is C7H11NO. The second-order valence-corrected chi connectivity index (χ2v) is 2.92. The van der Waals surface area contributed by atoms with Crippen LogP contribution in [0, 0.1) is 0 Å². The fraction of sp³-hybridized carbons (Fsp3) is 0.857. The molecule has 1 saturated carbocycles. The summed E-state index contributed by atoms with van der Waals surface area (Å²) < 4.78 is 0. The summed E-state index contributed by atoms with van der Waals surface area (Å²) in [7, 11) is 0. The van der Waals surface area contributed by atoms with Crippen molar-refractivity contribution in [1.29, 1.82) is 0 Å². The zero-order valence-corrected chi connectivity index (χ0v) is 5.47. The molecule has 2 aliphatic rings. The van der Waals surface area contributed by atoms with Crippen LogP contribution in [0.1, 0.15) is 25.7 Å². The van der Waals surface area contributed by atoms with Gasteiger partial charge in [-0.2, -0.15) is 0 Å². The lowest BCUT2D eigenvalue weighted by atomic mass is 10.4. The molecule has 50 valence electrons. The third-order valence-electron chi connectivity index (χ3n) is 2.10. The molecule has 1 heterocycles. The molecular weight excluding hydrogens is 114 g/mol. The molecule has 0 bridgehead atoms. The van der Waals surface area contributed by atoms with Crippen LogP contribution in [0.5, 0.6) is 0 Å². The Balaban J connectivity index is 2.01. The van der Waals surface area contributed by atoms with Crippen molar-refractivity contribution in [3.8, 4) is 0 Å². The lowest BCUT2D eigenvalue weighted by molar-refractivity contribution is -0.128. The van der Waals surface area contributed by atoms with Crippen molar-refractivity contribution < 1.29 is 4.79 Å². The molecule has 0 aromatic carbocycles. The van der Waals surface area contributed by atoms with E-state index in [0.717, 1.165) is 19.4 Å². The summed E-state index contributed by atoms with van der Waals surface area (Å²) in [4.78, 5) is 13.0. The molecule has 0 spiro atoms. The molecule has 0 radical (unpaired) electrons. The summed E-state index contributed by atoms with van der Waals surface area (Å²) in [6, 6.07) is 0.653. The minimum absolute atomic E-state index is 0.387. The molecule has 0 atom stereocenters. The van der Waals surface area contributed by atoms with E-state index in [1.165, 1.54) is 12.8 Å². The van der Waals surface area contributed by atoms with Crippen LogP contribution in [0.4, 0.5) is 0 Å². The van der Waals surface area contributed by atoms with Gasteiger partial charge in [0.15, 0.2) is 0 Å². The van der Waals surface area contributed by atoms with E-state index in [0.29, 0.717) is 11.9 Å². The van der Waals surface area contributed by atoms with Crippen LogP contribution < -0.4 is 0 Å². The van der Waals surface area contributed by atoms with Crippen LogP contribution in [0.15, 0.2) is 0 Å². The summed E-state index contributed by atoms with van der Waals surface area (Å²) in [5.41, 5.74) is 0. The van der Waals surface area contributed by atoms with Gasteiger partial charge in [-0.15, -0.1) is 0 Å². The van der Waals surface area contributed by atoms with Crippen molar-refractivity contribution in [2.24, 2.45) is 0 Å². The Morgan fingerprint density at radius 1 is 1.44 bits per heavy atom. The smallest absolute Gasteiger partial charge is 0.222 e. The summed E-state index contributed by atoms with van der Waals surface area (Å²) >= 11 is 0. The Morgan fingerprint density at radius 2 is 2.22 bits per heavy atom. The maximum absolute atomic E-state index is 11.0. The van der Waals surface area contributed by atoms with Crippen molar-refractivity contribution in [2.45, 2.75) is 31.7 Å². The first kappa shape index (κ1) is 5.27. The molecule has 0 N–H and O–H groups in total. The second-order valence-electron chi connectivity index (χ2n) is 2.92. The van der Waals surface area contributed by atoms with E-state index in [4.69, 9.17) is 0 Å². The fourth-order valence-electron chi connectivity index (χ4n) is 1.44. The molecule has 2 nitrogen and oxygen atoms in total. The van der Waals surface area contributed by atoms with Crippen LogP contribution in [0.3, 0.4) is 0 Å². The van der Waals surface area contributed by atoms with Crippen LogP contribution in [-0.2, 0) is 4.79 Å². The van der Waals surface area contributed by atoms with Gasteiger partial charge >= 0.3 is 0 Å². The molecule has 1 aliphatic heterocycles. The van der Waals surface area contributed by atoms with Gasteiger partial charge in [0.2, 0.25) is 5.91 Å². The number of carbonyl (C=O) groups excluding carboxylic acids is 1. The zero-order chi connectivity index (χ0) is 6.27. The van der Waals surface area contributed by atoms with E-state index in [1.54, 1.807) is 0 Å². The quantitative estimate of drug-likeness (QED) is 0.507. The monoisotopic (exact) mass is 125 g/mol.